The summed E-state index contributed by atoms with van der Waals surface area (Å²) in [5.74, 6) is 0.719. The molecule has 2 aromatic heterocycles. The SMILES string of the molecule is CN=C(NCc1ccc(Cn2ccccc2=O)cc1)N1CCN(c2cnn(C)c2)C(=O)C1. The zero-order valence-electron chi connectivity index (χ0n) is 18.3. The van der Waals surface area contributed by atoms with E-state index in [2.05, 4.69) is 15.4 Å². The monoisotopic (exact) mass is 433 g/mol. The zero-order chi connectivity index (χ0) is 22.5. The van der Waals surface area contributed by atoms with Crippen molar-refractivity contribution in [1.29, 1.82) is 0 Å². The topological polar surface area (TPSA) is 87.8 Å². The van der Waals surface area contributed by atoms with Gasteiger partial charge in [0.1, 0.15) is 6.54 Å². The number of aromatic nitrogens is 3. The van der Waals surface area contributed by atoms with E-state index in [-0.39, 0.29) is 18.0 Å². The lowest BCUT2D eigenvalue weighted by molar-refractivity contribution is -0.120. The molecule has 1 saturated heterocycles. The third-order valence-corrected chi connectivity index (χ3v) is 5.46. The second-order valence-corrected chi connectivity index (χ2v) is 7.72. The molecular formula is C23H27N7O2. The van der Waals surface area contributed by atoms with Crippen LogP contribution in [0, 0.1) is 0 Å². The van der Waals surface area contributed by atoms with Crippen LogP contribution in [0.1, 0.15) is 11.1 Å². The van der Waals surface area contributed by atoms with E-state index in [1.165, 1.54) is 0 Å². The number of aliphatic imine (C=N–C) groups is 1. The first-order valence-electron chi connectivity index (χ1n) is 10.5. The summed E-state index contributed by atoms with van der Waals surface area (Å²) in [6.07, 6.45) is 5.34. The van der Waals surface area contributed by atoms with Gasteiger partial charge in [-0.15, -0.1) is 0 Å². The summed E-state index contributed by atoms with van der Waals surface area (Å²) in [5.41, 5.74) is 2.96. The molecule has 166 valence electrons. The molecule has 1 aliphatic rings. The fourth-order valence-corrected chi connectivity index (χ4v) is 3.74. The summed E-state index contributed by atoms with van der Waals surface area (Å²) in [6, 6.07) is 13.3. The molecule has 0 saturated carbocycles. The van der Waals surface area contributed by atoms with Crippen LogP contribution in [0.2, 0.25) is 0 Å². The van der Waals surface area contributed by atoms with Gasteiger partial charge in [0.25, 0.3) is 5.56 Å². The summed E-state index contributed by atoms with van der Waals surface area (Å²) in [5, 5.41) is 7.50. The van der Waals surface area contributed by atoms with Gasteiger partial charge in [0.2, 0.25) is 5.91 Å². The second kappa shape index (κ2) is 9.51. The number of carbonyl (C=O) groups is 1. The average molecular weight is 434 g/mol. The van der Waals surface area contributed by atoms with Gasteiger partial charge in [-0.1, -0.05) is 30.3 Å². The van der Waals surface area contributed by atoms with Crippen molar-refractivity contribution in [3.05, 3.63) is 82.5 Å². The summed E-state index contributed by atoms with van der Waals surface area (Å²) >= 11 is 0. The molecule has 0 radical (unpaired) electrons. The van der Waals surface area contributed by atoms with Crippen molar-refractivity contribution in [3.8, 4) is 0 Å². The van der Waals surface area contributed by atoms with Crippen LogP contribution in [-0.2, 0) is 24.9 Å². The van der Waals surface area contributed by atoms with Gasteiger partial charge in [-0.25, -0.2) is 0 Å². The Labute approximate surface area is 186 Å². The summed E-state index contributed by atoms with van der Waals surface area (Å²) < 4.78 is 3.37. The average Bonchev–Trinajstić information content (AvgIpc) is 3.23. The van der Waals surface area contributed by atoms with Crippen LogP contribution in [0.5, 0.6) is 0 Å². The van der Waals surface area contributed by atoms with Crippen LogP contribution < -0.4 is 15.8 Å². The molecule has 1 N–H and O–H groups in total. The number of pyridine rings is 1. The number of rotatable bonds is 5. The Morgan fingerprint density at radius 3 is 2.53 bits per heavy atom. The highest BCUT2D eigenvalue weighted by molar-refractivity contribution is 5.98. The van der Waals surface area contributed by atoms with Gasteiger partial charge < -0.3 is 19.7 Å². The molecule has 1 aromatic carbocycles. The van der Waals surface area contributed by atoms with E-state index in [9.17, 15) is 9.59 Å². The van der Waals surface area contributed by atoms with Crippen molar-refractivity contribution >= 4 is 17.6 Å². The fourth-order valence-electron chi connectivity index (χ4n) is 3.74. The minimum Gasteiger partial charge on any atom is -0.352 e. The zero-order valence-corrected chi connectivity index (χ0v) is 18.3. The summed E-state index contributed by atoms with van der Waals surface area (Å²) in [4.78, 5) is 32.6. The molecule has 1 amide bonds. The molecule has 0 spiro atoms. The van der Waals surface area contributed by atoms with Crippen LogP contribution >= 0.6 is 0 Å². The van der Waals surface area contributed by atoms with Crippen molar-refractivity contribution in [3.63, 3.8) is 0 Å². The highest BCUT2D eigenvalue weighted by Gasteiger charge is 2.27. The highest BCUT2D eigenvalue weighted by atomic mass is 16.2. The van der Waals surface area contributed by atoms with Crippen LogP contribution in [0.4, 0.5) is 5.69 Å². The molecule has 1 fully saturated rings. The number of hydrogen-bond acceptors (Lipinski definition) is 4. The van der Waals surface area contributed by atoms with Crippen LogP contribution in [0.3, 0.4) is 0 Å². The van der Waals surface area contributed by atoms with E-state index < -0.39 is 0 Å². The Balaban J connectivity index is 1.32. The van der Waals surface area contributed by atoms with E-state index in [4.69, 9.17) is 0 Å². The maximum atomic E-state index is 12.7. The third kappa shape index (κ3) is 4.88. The lowest BCUT2D eigenvalue weighted by atomic mass is 10.1. The van der Waals surface area contributed by atoms with Crippen molar-refractivity contribution in [2.24, 2.45) is 12.0 Å². The Kier molecular flexibility index (Phi) is 6.34. The summed E-state index contributed by atoms with van der Waals surface area (Å²) in [6.45, 7) is 2.66. The molecular weight excluding hydrogens is 406 g/mol. The van der Waals surface area contributed by atoms with E-state index in [0.717, 1.165) is 16.8 Å². The number of benzene rings is 1. The Bertz CT molecular complexity index is 1160. The quantitative estimate of drug-likeness (QED) is 0.480. The van der Waals surface area contributed by atoms with E-state index >= 15 is 0 Å². The first-order chi connectivity index (χ1) is 15.5. The smallest absolute Gasteiger partial charge is 0.250 e. The van der Waals surface area contributed by atoms with Gasteiger partial charge in [0.15, 0.2) is 5.96 Å². The van der Waals surface area contributed by atoms with Crippen molar-refractivity contribution in [2.45, 2.75) is 13.1 Å². The largest absolute Gasteiger partial charge is 0.352 e. The molecule has 3 aromatic rings. The van der Waals surface area contributed by atoms with Crippen LogP contribution in [-0.4, -0.2) is 57.8 Å². The molecule has 0 atom stereocenters. The number of carbonyl (C=O) groups excluding carboxylic acids is 1. The Hall–Kier alpha value is -3.88. The second-order valence-electron chi connectivity index (χ2n) is 7.72. The molecule has 3 heterocycles. The fraction of sp³-hybridized carbons (Fsp3) is 0.304. The molecule has 1 aliphatic heterocycles. The standard InChI is InChI=1S/C23H27N7O2/c1-24-23(29-11-12-30(22(32)17-29)20-14-26-27(2)16-20)25-13-18-6-8-19(9-7-18)15-28-10-4-3-5-21(28)31/h3-10,14,16H,11-13,15,17H2,1-2H3,(H,24,25). The lowest BCUT2D eigenvalue weighted by Gasteiger charge is -2.35. The molecule has 0 bridgehead atoms. The van der Waals surface area contributed by atoms with Gasteiger partial charge in [-0.05, 0) is 17.2 Å². The van der Waals surface area contributed by atoms with Gasteiger partial charge in [0, 0.05) is 52.2 Å². The number of aryl methyl sites for hydroxylation is 1. The minimum atomic E-state index is -0.0137. The number of nitrogens with one attached hydrogen (secondary N) is 1. The number of nitrogens with zero attached hydrogens (tertiary/aromatic N) is 6. The number of anilines is 1. The lowest BCUT2D eigenvalue weighted by Crippen LogP contribution is -2.55. The first-order valence-corrected chi connectivity index (χ1v) is 10.5. The normalized spacial score (nSPS) is 14.7. The maximum Gasteiger partial charge on any atom is 0.250 e. The summed E-state index contributed by atoms with van der Waals surface area (Å²) in [7, 11) is 3.56. The predicted octanol–water partition coefficient (Wildman–Crippen LogP) is 1.05. The first kappa shape index (κ1) is 21.4. The van der Waals surface area contributed by atoms with Gasteiger partial charge >= 0.3 is 0 Å². The minimum absolute atomic E-state index is 0.0137. The molecule has 0 unspecified atom stereocenters. The molecule has 32 heavy (non-hydrogen) atoms. The van der Waals surface area contributed by atoms with Gasteiger partial charge in [-0.2, -0.15) is 5.10 Å². The van der Waals surface area contributed by atoms with Crippen molar-refractivity contribution < 1.29 is 4.79 Å². The van der Waals surface area contributed by atoms with E-state index in [1.807, 2.05) is 48.5 Å². The van der Waals surface area contributed by atoms with Crippen molar-refractivity contribution in [1.82, 2.24) is 24.6 Å². The molecule has 9 nitrogen and oxygen atoms in total. The molecule has 9 heteroatoms. The number of guanidine groups is 1. The highest BCUT2D eigenvalue weighted by Crippen LogP contribution is 2.16. The van der Waals surface area contributed by atoms with Crippen molar-refractivity contribution in [2.75, 3.05) is 31.6 Å². The molecule has 4 rings (SSSR count). The van der Waals surface area contributed by atoms with Gasteiger partial charge in [0.05, 0.1) is 18.4 Å². The third-order valence-electron chi connectivity index (χ3n) is 5.46. The number of piperazine rings is 1. The van der Waals surface area contributed by atoms with Crippen LogP contribution in [0.15, 0.2) is 70.8 Å². The number of hydrogen-bond donors (Lipinski definition) is 1. The maximum absolute atomic E-state index is 12.7. The Morgan fingerprint density at radius 2 is 1.88 bits per heavy atom. The van der Waals surface area contributed by atoms with E-state index in [0.29, 0.717) is 32.1 Å². The number of amides is 1. The van der Waals surface area contributed by atoms with Gasteiger partial charge in [-0.3, -0.25) is 19.3 Å². The van der Waals surface area contributed by atoms with Crippen LogP contribution in [0.25, 0.3) is 0 Å². The predicted molar refractivity (Wildman–Crippen MR) is 124 cm³/mol. The Morgan fingerprint density at radius 1 is 1.09 bits per heavy atom. The van der Waals surface area contributed by atoms with E-state index in [1.54, 1.807) is 45.7 Å². The molecule has 0 aliphatic carbocycles.